The molecule has 0 aliphatic carbocycles. The predicted octanol–water partition coefficient (Wildman–Crippen LogP) is 4.09. The Balaban J connectivity index is 1.33. The number of esters is 1. The molecule has 1 N–H and O–H groups in total. The van der Waals surface area contributed by atoms with E-state index in [2.05, 4.69) is 5.32 Å². The van der Waals surface area contributed by atoms with Gasteiger partial charge < -0.3 is 10.1 Å². The standard InChI is InChI=1S/C24H16ClN3O7/c25-15-6-8-16(9-7-15)26-22(30)14-4-10-17(11-5-14)35-20(29)12-13-27-23(31)18-2-1-3-19(28(33)34)21(18)24(27)32/h1-11H,12-13H2,(H,26,30). The van der Waals surface area contributed by atoms with Gasteiger partial charge in [-0.25, -0.2) is 0 Å². The Bertz CT molecular complexity index is 1350. The Labute approximate surface area is 203 Å². The first-order valence-electron chi connectivity index (χ1n) is 10.3. The maximum absolute atomic E-state index is 12.6. The van der Waals surface area contributed by atoms with Crippen LogP contribution in [0.3, 0.4) is 0 Å². The highest BCUT2D eigenvalue weighted by Gasteiger charge is 2.40. The number of nitrogens with zero attached hydrogens (tertiary/aromatic N) is 2. The molecule has 0 aromatic heterocycles. The summed E-state index contributed by atoms with van der Waals surface area (Å²) in [7, 11) is 0. The number of hydrogen-bond donors (Lipinski definition) is 1. The Morgan fingerprint density at radius 3 is 2.31 bits per heavy atom. The van der Waals surface area contributed by atoms with Crippen molar-refractivity contribution in [2.45, 2.75) is 6.42 Å². The van der Waals surface area contributed by atoms with E-state index in [4.69, 9.17) is 16.3 Å². The number of ether oxygens (including phenoxy) is 1. The molecule has 35 heavy (non-hydrogen) atoms. The van der Waals surface area contributed by atoms with Crippen LogP contribution in [0.15, 0.2) is 66.7 Å². The number of halogens is 1. The van der Waals surface area contributed by atoms with Gasteiger partial charge in [0.15, 0.2) is 0 Å². The molecule has 0 spiro atoms. The number of nitro groups is 1. The number of nitro benzene ring substituents is 1. The number of carbonyl (C=O) groups is 4. The van der Waals surface area contributed by atoms with E-state index in [9.17, 15) is 29.3 Å². The third-order valence-electron chi connectivity index (χ3n) is 5.16. The number of amides is 3. The number of benzene rings is 3. The zero-order chi connectivity index (χ0) is 25.1. The lowest BCUT2D eigenvalue weighted by Crippen LogP contribution is -2.32. The second-order valence-corrected chi connectivity index (χ2v) is 7.86. The molecule has 0 atom stereocenters. The zero-order valence-electron chi connectivity index (χ0n) is 17.9. The summed E-state index contributed by atoms with van der Waals surface area (Å²) in [6.07, 6.45) is -0.321. The van der Waals surface area contributed by atoms with Crippen molar-refractivity contribution in [2.75, 3.05) is 11.9 Å². The summed E-state index contributed by atoms with van der Waals surface area (Å²) in [5.74, 6) is -2.48. The third-order valence-corrected chi connectivity index (χ3v) is 5.42. The van der Waals surface area contributed by atoms with Gasteiger partial charge in [-0.15, -0.1) is 0 Å². The molecule has 4 rings (SSSR count). The molecule has 3 aromatic rings. The highest BCUT2D eigenvalue weighted by molar-refractivity contribution is 6.30. The Morgan fingerprint density at radius 1 is 0.971 bits per heavy atom. The van der Waals surface area contributed by atoms with Gasteiger partial charge in [0.05, 0.1) is 16.9 Å². The van der Waals surface area contributed by atoms with E-state index < -0.39 is 28.4 Å². The average molecular weight is 494 g/mol. The van der Waals surface area contributed by atoms with Gasteiger partial charge in [-0.3, -0.25) is 34.2 Å². The number of fused-ring (bicyclic) bond motifs is 1. The lowest BCUT2D eigenvalue weighted by Gasteiger charge is -2.13. The summed E-state index contributed by atoms with van der Waals surface area (Å²) in [6.45, 7) is -0.302. The second-order valence-electron chi connectivity index (χ2n) is 7.43. The van der Waals surface area contributed by atoms with Crippen molar-refractivity contribution in [3.63, 3.8) is 0 Å². The maximum Gasteiger partial charge on any atom is 0.312 e. The fourth-order valence-electron chi connectivity index (χ4n) is 3.47. The van der Waals surface area contributed by atoms with Crippen LogP contribution in [0.4, 0.5) is 11.4 Å². The normalized spacial score (nSPS) is 12.3. The van der Waals surface area contributed by atoms with Gasteiger partial charge in [-0.1, -0.05) is 17.7 Å². The highest BCUT2D eigenvalue weighted by Crippen LogP contribution is 2.30. The second kappa shape index (κ2) is 9.74. The molecule has 3 aromatic carbocycles. The first kappa shape index (κ1) is 23.6. The minimum atomic E-state index is -0.832. The number of anilines is 1. The number of nitrogens with one attached hydrogen (secondary N) is 1. The van der Waals surface area contributed by atoms with Crippen LogP contribution in [0.1, 0.15) is 37.5 Å². The average Bonchev–Trinajstić information content (AvgIpc) is 3.09. The molecule has 1 aliphatic heterocycles. The van der Waals surface area contributed by atoms with Crippen molar-refractivity contribution in [1.29, 1.82) is 0 Å². The van der Waals surface area contributed by atoms with Gasteiger partial charge >= 0.3 is 5.97 Å². The molecule has 0 saturated carbocycles. The lowest BCUT2D eigenvalue weighted by atomic mass is 10.1. The van der Waals surface area contributed by atoms with Crippen LogP contribution in [0.2, 0.25) is 5.02 Å². The maximum atomic E-state index is 12.6. The van der Waals surface area contributed by atoms with Crippen molar-refractivity contribution in [2.24, 2.45) is 0 Å². The molecule has 0 radical (unpaired) electrons. The van der Waals surface area contributed by atoms with Crippen LogP contribution < -0.4 is 10.1 Å². The molecule has 0 saturated heterocycles. The monoisotopic (exact) mass is 493 g/mol. The largest absolute Gasteiger partial charge is 0.426 e. The fraction of sp³-hybridized carbons (Fsp3) is 0.0833. The van der Waals surface area contributed by atoms with Gasteiger partial charge in [0.2, 0.25) is 0 Å². The van der Waals surface area contributed by atoms with Crippen molar-refractivity contribution < 1.29 is 28.8 Å². The van der Waals surface area contributed by atoms with Gasteiger partial charge in [-0.05, 0) is 54.6 Å². The summed E-state index contributed by atoms with van der Waals surface area (Å²) in [5, 5.41) is 14.4. The Morgan fingerprint density at radius 2 is 1.66 bits per heavy atom. The van der Waals surface area contributed by atoms with Gasteiger partial charge in [0, 0.05) is 28.9 Å². The van der Waals surface area contributed by atoms with Gasteiger partial charge in [-0.2, -0.15) is 0 Å². The van der Waals surface area contributed by atoms with Crippen LogP contribution in [0, 0.1) is 10.1 Å². The van der Waals surface area contributed by atoms with Crippen molar-refractivity contribution in [3.05, 3.63) is 98.6 Å². The molecule has 0 fully saturated rings. The molecule has 1 aliphatic rings. The Hall–Kier alpha value is -4.57. The molecule has 10 nitrogen and oxygen atoms in total. The van der Waals surface area contributed by atoms with E-state index in [1.165, 1.54) is 36.4 Å². The number of imide groups is 1. The van der Waals surface area contributed by atoms with E-state index in [1.54, 1.807) is 24.3 Å². The van der Waals surface area contributed by atoms with Crippen LogP contribution in [0.5, 0.6) is 5.75 Å². The SMILES string of the molecule is O=C(CCN1C(=O)c2cccc([N+](=O)[O-])c2C1=O)Oc1ccc(C(=O)Nc2ccc(Cl)cc2)cc1. The van der Waals surface area contributed by atoms with Crippen LogP contribution in [-0.2, 0) is 4.79 Å². The van der Waals surface area contributed by atoms with Crippen LogP contribution in [0.25, 0.3) is 0 Å². The molecule has 0 bridgehead atoms. The third kappa shape index (κ3) is 5.02. The fourth-order valence-corrected chi connectivity index (χ4v) is 3.59. The van der Waals surface area contributed by atoms with Crippen molar-refractivity contribution >= 4 is 46.7 Å². The van der Waals surface area contributed by atoms with Crippen molar-refractivity contribution in [3.8, 4) is 5.75 Å². The first-order valence-corrected chi connectivity index (χ1v) is 10.6. The van der Waals surface area contributed by atoms with E-state index in [0.717, 1.165) is 11.0 Å². The molecule has 11 heteroatoms. The van der Waals surface area contributed by atoms with Crippen LogP contribution in [-0.4, -0.2) is 40.1 Å². The molecular formula is C24H16ClN3O7. The molecule has 3 amide bonds. The van der Waals surface area contributed by atoms with E-state index in [1.807, 2.05) is 0 Å². The smallest absolute Gasteiger partial charge is 0.312 e. The molecule has 176 valence electrons. The summed E-state index contributed by atoms with van der Waals surface area (Å²) < 4.78 is 5.21. The summed E-state index contributed by atoms with van der Waals surface area (Å²) in [6, 6.07) is 16.2. The van der Waals surface area contributed by atoms with Gasteiger partial charge in [0.25, 0.3) is 23.4 Å². The minimum Gasteiger partial charge on any atom is -0.426 e. The minimum absolute atomic E-state index is 0.0787. The van der Waals surface area contributed by atoms with E-state index >= 15 is 0 Å². The molecule has 1 heterocycles. The summed E-state index contributed by atoms with van der Waals surface area (Å²) in [5.41, 5.74) is 0.0558. The lowest BCUT2D eigenvalue weighted by molar-refractivity contribution is -0.385. The molecular weight excluding hydrogens is 478 g/mol. The van der Waals surface area contributed by atoms with E-state index in [-0.39, 0.29) is 35.7 Å². The first-order chi connectivity index (χ1) is 16.7. The number of hydrogen-bond acceptors (Lipinski definition) is 7. The Kier molecular flexibility index (Phi) is 6.56. The zero-order valence-corrected chi connectivity index (χ0v) is 18.7. The highest BCUT2D eigenvalue weighted by atomic mass is 35.5. The quantitative estimate of drug-likeness (QED) is 0.172. The number of carbonyl (C=O) groups excluding carboxylic acids is 4. The summed E-state index contributed by atoms with van der Waals surface area (Å²) >= 11 is 5.82. The molecule has 0 unspecified atom stereocenters. The topological polar surface area (TPSA) is 136 Å². The van der Waals surface area contributed by atoms with E-state index in [0.29, 0.717) is 16.3 Å². The number of rotatable bonds is 7. The summed E-state index contributed by atoms with van der Waals surface area (Å²) in [4.78, 5) is 60.9. The predicted molar refractivity (Wildman–Crippen MR) is 125 cm³/mol. The van der Waals surface area contributed by atoms with Crippen molar-refractivity contribution in [1.82, 2.24) is 4.90 Å². The van der Waals surface area contributed by atoms with Gasteiger partial charge in [0.1, 0.15) is 11.3 Å². The van der Waals surface area contributed by atoms with Crippen LogP contribution >= 0.6 is 11.6 Å².